The van der Waals surface area contributed by atoms with Crippen LogP contribution in [0.1, 0.15) is 53.0 Å². The fraction of sp³-hybridized carbons (Fsp3) is 0.289. The van der Waals surface area contributed by atoms with Crippen LogP contribution in [0, 0.1) is 29.2 Å². The molecule has 0 fully saturated rings. The second-order valence-corrected chi connectivity index (χ2v) is 18.8. The summed E-state index contributed by atoms with van der Waals surface area (Å²) in [6.45, 7) is 17.3. The van der Waals surface area contributed by atoms with E-state index in [1.165, 1.54) is 22.9 Å². The molecule has 4 nitrogen and oxygen atoms in total. The Hall–Kier alpha value is -3.58. The van der Waals surface area contributed by atoms with E-state index in [1.54, 1.807) is 26.0 Å². The molecule has 8 heteroatoms. The molecular weight excluding hydrogens is 773 g/mol. The number of benzene rings is 2. The van der Waals surface area contributed by atoms with Crippen LogP contribution in [0.5, 0.6) is 0 Å². The van der Waals surface area contributed by atoms with Gasteiger partial charge in [-0.25, -0.2) is 13.8 Å². The molecule has 2 aromatic carbocycles. The molecule has 0 aliphatic heterocycles. The van der Waals surface area contributed by atoms with Crippen molar-refractivity contribution in [2.45, 2.75) is 66.6 Å². The Kier molecular flexibility index (Phi) is 10.3. The van der Waals surface area contributed by atoms with Crippen LogP contribution < -0.4 is 5.19 Å². The number of hydrogen-bond donors (Lipinski definition) is 0. The monoisotopic (exact) mass is 813 g/mol. The minimum Gasteiger partial charge on any atom is -0.486 e. The van der Waals surface area contributed by atoms with Gasteiger partial charge >= 0.3 is 0 Å². The Morgan fingerprint density at radius 1 is 0.891 bits per heavy atom. The topological polar surface area (TPSA) is 51.8 Å². The molecule has 0 aliphatic rings. The van der Waals surface area contributed by atoms with Gasteiger partial charge in [0.1, 0.15) is 11.6 Å². The van der Waals surface area contributed by atoms with Crippen molar-refractivity contribution in [3.8, 4) is 22.5 Å². The molecule has 241 valence electrons. The summed E-state index contributed by atoms with van der Waals surface area (Å²) in [7, 11) is -1.37. The van der Waals surface area contributed by atoms with Crippen molar-refractivity contribution in [1.82, 2.24) is 15.0 Å². The van der Waals surface area contributed by atoms with Gasteiger partial charge in [0.15, 0.2) is 0 Å². The van der Waals surface area contributed by atoms with Gasteiger partial charge in [-0.2, -0.15) is 0 Å². The first kappa shape index (κ1) is 33.8. The Balaban J connectivity index is 0.000000212. The van der Waals surface area contributed by atoms with E-state index in [2.05, 4.69) is 80.8 Å². The predicted molar refractivity (Wildman–Crippen MR) is 182 cm³/mol. The van der Waals surface area contributed by atoms with Crippen molar-refractivity contribution in [1.29, 1.82) is 0 Å². The van der Waals surface area contributed by atoms with Gasteiger partial charge in [-0.1, -0.05) is 82.9 Å². The summed E-state index contributed by atoms with van der Waals surface area (Å²) < 4.78 is 41.4. The first-order valence-electron chi connectivity index (χ1n) is 15.5. The fourth-order valence-corrected chi connectivity index (χ4v) is 6.91. The van der Waals surface area contributed by atoms with Crippen molar-refractivity contribution in [2.24, 2.45) is 5.41 Å². The van der Waals surface area contributed by atoms with Crippen molar-refractivity contribution < 1.29 is 34.7 Å². The Labute approximate surface area is 286 Å². The summed E-state index contributed by atoms with van der Waals surface area (Å²) >= 11 is 0. The Bertz CT molecular complexity index is 2010. The summed E-state index contributed by atoms with van der Waals surface area (Å²) in [5, 5.41) is 2.71. The van der Waals surface area contributed by atoms with Crippen LogP contribution in [0.4, 0.5) is 8.78 Å². The largest absolute Gasteiger partial charge is 0.486 e. The summed E-state index contributed by atoms with van der Waals surface area (Å²) in [5.41, 5.74) is 5.79. The van der Waals surface area contributed by atoms with Crippen LogP contribution >= 0.6 is 0 Å². The molecule has 46 heavy (non-hydrogen) atoms. The quantitative estimate of drug-likeness (QED) is 0.129. The van der Waals surface area contributed by atoms with Gasteiger partial charge in [0.05, 0.1) is 26.1 Å². The predicted octanol–water partition coefficient (Wildman–Crippen LogP) is 9.92. The Morgan fingerprint density at radius 2 is 1.63 bits per heavy atom. The van der Waals surface area contributed by atoms with Crippen LogP contribution in [0.3, 0.4) is 0 Å². The molecule has 0 saturated heterocycles. The summed E-state index contributed by atoms with van der Waals surface area (Å²) in [4.78, 5) is 12.8. The maximum atomic E-state index is 14.0. The first-order valence-corrected chi connectivity index (χ1v) is 18.5. The number of aromatic nitrogens is 3. The van der Waals surface area contributed by atoms with Crippen molar-refractivity contribution in [2.75, 3.05) is 0 Å². The van der Waals surface area contributed by atoms with Gasteiger partial charge < -0.3 is 14.4 Å². The molecule has 0 unspecified atom stereocenters. The SMILES string of the molecule is CC(C)(C)Cc1cc(-c2[c-]cccc2)ncc1[Si](C)(C)C.[2H]C(C)(C)c1cc(-c2[c-]ccc3c2oc2ncc(F)cc23)ncc1F.[Ir]. The van der Waals surface area contributed by atoms with E-state index in [0.717, 1.165) is 30.1 Å². The number of fused-ring (bicyclic) bond motifs is 3. The maximum Gasteiger partial charge on any atom is 0.216 e. The van der Waals surface area contributed by atoms with Crippen LogP contribution in [0.25, 0.3) is 44.6 Å². The third kappa shape index (κ3) is 8.03. The second-order valence-electron chi connectivity index (χ2n) is 13.7. The van der Waals surface area contributed by atoms with E-state index >= 15 is 0 Å². The molecule has 0 spiro atoms. The molecule has 6 aromatic rings. The number of pyridine rings is 3. The van der Waals surface area contributed by atoms with E-state index in [-0.39, 0.29) is 31.1 Å². The fourth-order valence-electron chi connectivity index (χ4n) is 5.34. The molecular formula is C38H39F2IrN3OSi-2. The van der Waals surface area contributed by atoms with Gasteiger partial charge in [0, 0.05) is 33.1 Å². The van der Waals surface area contributed by atoms with Crippen LogP contribution in [0.15, 0.2) is 77.6 Å². The molecule has 1 radical (unpaired) electrons. The smallest absolute Gasteiger partial charge is 0.216 e. The normalized spacial score (nSPS) is 12.3. The van der Waals surface area contributed by atoms with Gasteiger partial charge in [0.2, 0.25) is 5.71 Å². The average molecular weight is 813 g/mol. The summed E-state index contributed by atoms with van der Waals surface area (Å²) in [6.07, 6.45) is 5.39. The standard InChI is InChI=1S/C19H13F2N2O.C19H26NSi.Ir/c1-10(2)14-7-17(22-9-16(14)21)13-5-3-4-12-15-6-11(20)8-23-19(15)24-18(12)13;1-19(2,3)13-16-12-17(15-10-8-7-9-11-15)20-14-18(16)21(4,5)6;/h3-4,6-10H,1-2H3;7-10,12,14H,13H2,1-6H3;/q2*-1;/i10D;;. The molecule has 4 heterocycles. The number of hydrogen-bond acceptors (Lipinski definition) is 4. The molecule has 4 aromatic heterocycles. The van der Waals surface area contributed by atoms with Crippen molar-refractivity contribution in [3.05, 3.63) is 108 Å². The third-order valence-electron chi connectivity index (χ3n) is 7.41. The van der Waals surface area contributed by atoms with Crippen LogP contribution in [-0.4, -0.2) is 23.0 Å². The average Bonchev–Trinajstić information content (AvgIpc) is 3.34. The molecule has 0 amide bonds. The molecule has 0 bridgehead atoms. The van der Waals surface area contributed by atoms with Gasteiger partial charge in [-0.05, 0) is 45.9 Å². The number of halogens is 2. The van der Waals surface area contributed by atoms with Crippen LogP contribution in [0.2, 0.25) is 19.6 Å². The van der Waals surface area contributed by atoms with E-state index in [0.29, 0.717) is 33.3 Å². The minimum absolute atomic E-state index is 0. The zero-order valence-electron chi connectivity index (χ0n) is 28.5. The van der Waals surface area contributed by atoms with E-state index < -0.39 is 25.6 Å². The van der Waals surface area contributed by atoms with Crippen molar-refractivity contribution in [3.63, 3.8) is 0 Å². The maximum absolute atomic E-state index is 14.0. The zero-order valence-corrected chi connectivity index (χ0v) is 30.9. The van der Waals surface area contributed by atoms with E-state index in [4.69, 9.17) is 10.8 Å². The van der Waals surface area contributed by atoms with E-state index in [1.807, 2.05) is 18.2 Å². The molecule has 0 aliphatic carbocycles. The molecule has 0 N–H and O–H groups in total. The van der Waals surface area contributed by atoms with Gasteiger partial charge in [-0.15, -0.1) is 54.1 Å². The molecule has 6 rings (SSSR count). The number of nitrogens with zero attached hydrogens (tertiary/aromatic N) is 3. The minimum atomic E-state index is -1.37. The Morgan fingerprint density at radius 3 is 2.28 bits per heavy atom. The third-order valence-corrected chi connectivity index (χ3v) is 9.48. The first-order chi connectivity index (χ1) is 21.5. The number of rotatable bonds is 5. The summed E-state index contributed by atoms with van der Waals surface area (Å²) in [6, 6.07) is 23.0. The summed E-state index contributed by atoms with van der Waals surface area (Å²) in [5.74, 6) is -2.11. The van der Waals surface area contributed by atoms with Gasteiger partial charge in [-0.3, -0.25) is 0 Å². The molecule has 0 atom stereocenters. The molecule has 0 saturated carbocycles. The van der Waals surface area contributed by atoms with Crippen LogP contribution in [-0.2, 0) is 26.5 Å². The van der Waals surface area contributed by atoms with Gasteiger partial charge in [0.25, 0.3) is 0 Å². The number of furan rings is 1. The zero-order chi connectivity index (χ0) is 33.4. The second kappa shape index (κ2) is 14.0. The van der Waals surface area contributed by atoms with E-state index in [9.17, 15) is 8.78 Å². The van der Waals surface area contributed by atoms with Crippen molar-refractivity contribution >= 4 is 35.3 Å².